The first kappa shape index (κ1) is 23.7. The first-order valence-corrected chi connectivity index (χ1v) is 11.4. The van der Waals surface area contributed by atoms with Gasteiger partial charge in [0.05, 0.1) is 17.9 Å². The molecule has 1 saturated carbocycles. The molecule has 1 fully saturated rings. The molecule has 3 rings (SSSR count). The molecule has 0 amide bonds. The maximum atomic E-state index is 6.41. The largest absolute Gasteiger partial charge is 0.490 e. The van der Waals surface area contributed by atoms with E-state index in [1.54, 1.807) is 7.11 Å². The molecule has 0 heterocycles. The maximum absolute atomic E-state index is 6.41. The Balaban J connectivity index is 1.51. The summed E-state index contributed by atoms with van der Waals surface area (Å²) in [6, 6.07) is 12.1. The Kier molecular flexibility index (Phi) is 8.60. The van der Waals surface area contributed by atoms with Crippen molar-refractivity contribution < 1.29 is 19.0 Å². The van der Waals surface area contributed by atoms with Crippen molar-refractivity contribution >= 4 is 5.71 Å². The highest BCUT2D eigenvalue weighted by Crippen LogP contribution is 2.33. The molecule has 2 aromatic rings. The molecular formula is C27H35NO4. The van der Waals surface area contributed by atoms with E-state index in [0.29, 0.717) is 6.61 Å². The Morgan fingerprint density at radius 3 is 2.09 bits per heavy atom. The van der Waals surface area contributed by atoms with Crippen LogP contribution in [0.25, 0.3) is 0 Å². The van der Waals surface area contributed by atoms with Gasteiger partial charge in [0.2, 0.25) is 0 Å². The zero-order valence-electron chi connectivity index (χ0n) is 19.9. The van der Waals surface area contributed by atoms with E-state index in [0.717, 1.165) is 65.3 Å². The van der Waals surface area contributed by atoms with E-state index in [-0.39, 0.29) is 12.2 Å². The maximum Gasteiger partial charge on any atom is 0.125 e. The number of hydrogen-bond acceptors (Lipinski definition) is 5. The lowest BCUT2D eigenvalue weighted by Gasteiger charge is -2.30. The lowest BCUT2D eigenvalue weighted by atomic mass is 9.94. The number of allylic oxidation sites excluding steroid dienone is 1. The Bertz CT molecular complexity index is 902. The van der Waals surface area contributed by atoms with Crippen LogP contribution in [0.5, 0.6) is 17.2 Å². The second-order valence-electron chi connectivity index (χ2n) is 8.28. The number of hydrogen-bond donors (Lipinski definition) is 0. The van der Waals surface area contributed by atoms with E-state index >= 15 is 0 Å². The van der Waals surface area contributed by atoms with Gasteiger partial charge in [-0.1, -0.05) is 17.3 Å². The summed E-state index contributed by atoms with van der Waals surface area (Å²) in [5.74, 6) is 2.76. The van der Waals surface area contributed by atoms with Gasteiger partial charge in [0.15, 0.2) is 0 Å². The summed E-state index contributed by atoms with van der Waals surface area (Å²) in [7, 11) is 1.56. The summed E-state index contributed by atoms with van der Waals surface area (Å²) in [6.07, 6.45) is 8.38. The highest BCUT2D eigenvalue weighted by molar-refractivity contribution is 5.98. The van der Waals surface area contributed by atoms with Crippen LogP contribution in [0.3, 0.4) is 0 Å². The summed E-state index contributed by atoms with van der Waals surface area (Å²) in [5, 5.41) is 3.97. The van der Waals surface area contributed by atoms with Gasteiger partial charge < -0.3 is 19.0 Å². The third kappa shape index (κ3) is 6.52. The first-order valence-electron chi connectivity index (χ1n) is 11.4. The zero-order chi connectivity index (χ0) is 22.9. The third-order valence-electron chi connectivity index (χ3n) is 5.72. The molecule has 0 aliphatic heterocycles. The van der Waals surface area contributed by atoms with Gasteiger partial charge >= 0.3 is 0 Å². The molecule has 0 N–H and O–H groups in total. The number of ether oxygens (including phenoxy) is 3. The number of benzene rings is 2. The van der Waals surface area contributed by atoms with Crippen LogP contribution in [-0.4, -0.2) is 31.6 Å². The van der Waals surface area contributed by atoms with Gasteiger partial charge in [-0.05, 0) is 106 Å². The Morgan fingerprint density at radius 1 is 0.938 bits per heavy atom. The molecule has 32 heavy (non-hydrogen) atoms. The Hall–Kier alpha value is -2.95. The summed E-state index contributed by atoms with van der Waals surface area (Å²) < 4.78 is 18.4. The first-order chi connectivity index (χ1) is 15.5. The smallest absolute Gasteiger partial charge is 0.125 e. The molecule has 0 aromatic heterocycles. The predicted octanol–water partition coefficient (Wildman–Crippen LogP) is 6.40. The minimum absolute atomic E-state index is 0.220. The van der Waals surface area contributed by atoms with Crippen LogP contribution in [0.4, 0.5) is 0 Å². The van der Waals surface area contributed by atoms with Crippen molar-refractivity contribution in [2.75, 3.05) is 13.7 Å². The van der Waals surface area contributed by atoms with Crippen LogP contribution >= 0.6 is 0 Å². The van der Waals surface area contributed by atoms with Crippen LogP contribution in [0.1, 0.15) is 56.2 Å². The molecule has 0 bridgehead atoms. The lowest BCUT2D eigenvalue weighted by Crippen LogP contribution is -2.30. The molecule has 0 saturated heterocycles. The monoisotopic (exact) mass is 437 g/mol. The van der Waals surface area contributed by atoms with Crippen molar-refractivity contribution in [1.29, 1.82) is 0 Å². The molecule has 0 radical (unpaired) electrons. The number of nitrogens with zero attached hydrogens (tertiary/aromatic N) is 1. The highest BCUT2D eigenvalue weighted by Gasteiger charge is 2.25. The average Bonchev–Trinajstić information content (AvgIpc) is 2.78. The molecule has 172 valence electrons. The summed E-state index contributed by atoms with van der Waals surface area (Å²) in [6.45, 7) is 8.68. The van der Waals surface area contributed by atoms with E-state index < -0.39 is 0 Å². The van der Waals surface area contributed by atoms with Crippen LogP contribution in [0.2, 0.25) is 0 Å². The van der Waals surface area contributed by atoms with Crippen molar-refractivity contribution in [3.63, 3.8) is 0 Å². The van der Waals surface area contributed by atoms with Gasteiger partial charge in [0.25, 0.3) is 0 Å². The van der Waals surface area contributed by atoms with E-state index in [4.69, 9.17) is 19.0 Å². The summed E-state index contributed by atoms with van der Waals surface area (Å²) in [4.78, 5) is 4.84. The van der Waals surface area contributed by atoms with Crippen LogP contribution in [-0.2, 0) is 4.84 Å². The molecule has 0 atom stereocenters. The van der Waals surface area contributed by atoms with Gasteiger partial charge in [-0.25, -0.2) is 0 Å². The van der Waals surface area contributed by atoms with Gasteiger partial charge in [0.1, 0.15) is 31.0 Å². The lowest BCUT2D eigenvalue weighted by molar-refractivity contribution is 0.0798. The number of oxime groups is 1. The van der Waals surface area contributed by atoms with Crippen LogP contribution in [0.15, 0.2) is 53.7 Å². The quantitative estimate of drug-likeness (QED) is 0.259. The normalized spacial score (nSPS) is 19.1. The fourth-order valence-electron chi connectivity index (χ4n) is 4.01. The summed E-state index contributed by atoms with van der Waals surface area (Å²) in [5.41, 5.74) is 4.11. The van der Waals surface area contributed by atoms with E-state index in [1.807, 2.05) is 50.3 Å². The van der Waals surface area contributed by atoms with Crippen molar-refractivity contribution in [2.45, 2.75) is 65.6 Å². The molecule has 5 heteroatoms. The Labute approximate surface area is 192 Å². The zero-order valence-corrected chi connectivity index (χ0v) is 19.9. The summed E-state index contributed by atoms with van der Waals surface area (Å²) >= 11 is 0. The van der Waals surface area contributed by atoms with Crippen LogP contribution < -0.4 is 14.2 Å². The molecule has 0 unspecified atom stereocenters. The topological polar surface area (TPSA) is 49.3 Å². The number of rotatable bonds is 9. The van der Waals surface area contributed by atoms with Crippen molar-refractivity contribution in [3.8, 4) is 17.2 Å². The van der Waals surface area contributed by atoms with Gasteiger partial charge in [-0.2, -0.15) is 0 Å². The molecule has 0 spiro atoms. The average molecular weight is 438 g/mol. The molecule has 1 aliphatic carbocycles. The van der Waals surface area contributed by atoms with Gasteiger partial charge in [0, 0.05) is 0 Å². The molecule has 1 aliphatic rings. The highest BCUT2D eigenvalue weighted by atomic mass is 16.6. The molecule has 2 aromatic carbocycles. The number of aryl methyl sites for hydroxylation is 2. The fraction of sp³-hybridized carbons (Fsp3) is 0.444. The SMILES string of the molecule is C/C=C/COc1cc(C)c(OC2CCC(Oc3ccc(/C(C)=N\OC)cc3)CC2)c(C)c1. The second kappa shape index (κ2) is 11.6. The van der Waals surface area contributed by atoms with Gasteiger partial charge in [-0.3, -0.25) is 0 Å². The van der Waals surface area contributed by atoms with E-state index in [2.05, 4.69) is 31.1 Å². The third-order valence-corrected chi connectivity index (χ3v) is 5.72. The van der Waals surface area contributed by atoms with E-state index in [9.17, 15) is 0 Å². The van der Waals surface area contributed by atoms with Crippen LogP contribution in [0, 0.1) is 13.8 Å². The fourth-order valence-corrected chi connectivity index (χ4v) is 4.01. The molecule has 5 nitrogen and oxygen atoms in total. The molecular weight excluding hydrogens is 402 g/mol. The minimum atomic E-state index is 0.220. The predicted molar refractivity (Wildman–Crippen MR) is 129 cm³/mol. The standard InChI is InChI=1S/C27H35NO4/c1-6-7-16-30-26-17-19(2)27(20(3)18-26)32-25-14-12-24(13-15-25)31-23-10-8-22(9-11-23)21(4)28-29-5/h6-11,17-18,24-25H,12-16H2,1-5H3/b7-6+,28-21-. The minimum Gasteiger partial charge on any atom is -0.490 e. The second-order valence-corrected chi connectivity index (χ2v) is 8.28. The van der Waals surface area contributed by atoms with Crippen molar-refractivity contribution in [3.05, 3.63) is 65.2 Å². The Morgan fingerprint density at radius 2 is 1.53 bits per heavy atom. The van der Waals surface area contributed by atoms with Crippen molar-refractivity contribution in [2.24, 2.45) is 5.16 Å². The van der Waals surface area contributed by atoms with Gasteiger partial charge in [-0.15, -0.1) is 0 Å². The van der Waals surface area contributed by atoms with E-state index in [1.165, 1.54) is 0 Å². The van der Waals surface area contributed by atoms with Crippen molar-refractivity contribution in [1.82, 2.24) is 0 Å².